The Kier molecular flexibility index (Phi) is 8.65. The van der Waals surface area contributed by atoms with E-state index in [1.54, 1.807) is 18.0 Å². The highest BCUT2D eigenvalue weighted by atomic mass is 32.2. The van der Waals surface area contributed by atoms with Gasteiger partial charge in [-0.05, 0) is 30.4 Å². The van der Waals surface area contributed by atoms with E-state index in [4.69, 9.17) is 0 Å². The number of aromatic nitrogens is 2. The van der Waals surface area contributed by atoms with Crippen molar-refractivity contribution in [2.75, 3.05) is 0 Å². The van der Waals surface area contributed by atoms with Crippen molar-refractivity contribution in [1.82, 2.24) is 10.2 Å². The van der Waals surface area contributed by atoms with Gasteiger partial charge in [-0.3, -0.25) is 0 Å². The third-order valence-corrected chi connectivity index (χ3v) is 3.34. The van der Waals surface area contributed by atoms with Gasteiger partial charge < -0.3 is 0 Å². The number of thioether (sulfide) groups is 1. The Labute approximate surface area is 109 Å². The van der Waals surface area contributed by atoms with Gasteiger partial charge >= 0.3 is 0 Å². The van der Waals surface area contributed by atoms with Crippen LogP contribution in [0, 0.1) is 0 Å². The predicted molar refractivity (Wildman–Crippen MR) is 75.0 cm³/mol. The zero-order valence-electron chi connectivity index (χ0n) is 10.6. The molecule has 0 amide bonds. The molecular weight excluding hydrogens is 228 g/mol. The van der Waals surface area contributed by atoms with Gasteiger partial charge in [0.2, 0.25) is 0 Å². The molecule has 0 saturated carbocycles. The lowest BCUT2D eigenvalue weighted by Crippen LogP contribution is -1.79. The van der Waals surface area contributed by atoms with Crippen molar-refractivity contribution < 1.29 is 0 Å². The molecule has 0 saturated heterocycles. The molecule has 0 atom stereocenters. The molecule has 1 heterocycles. The fraction of sp³-hybridized carbons (Fsp3) is 0.571. The molecule has 2 nitrogen and oxygen atoms in total. The molecule has 17 heavy (non-hydrogen) atoms. The second-order valence-corrected chi connectivity index (χ2v) is 5.03. The molecule has 0 aliphatic heterocycles. The second-order valence-electron chi connectivity index (χ2n) is 4.11. The molecule has 3 heteroatoms. The van der Waals surface area contributed by atoms with Gasteiger partial charge in [-0.15, -0.1) is 5.10 Å². The van der Waals surface area contributed by atoms with E-state index in [9.17, 15) is 0 Å². The van der Waals surface area contributed by atoms with Gasteiger partial charge in [0.1, 0.15) is 5.03 Å². The molecule has 0 spiro atoms. The van der Waals surface area contributed by atoms with Crippen molar-refractivity contribution in [2.24, 2.45) is 0 Å². The Morgan fingerprint density at radius 2 is 2.00 bits per heavy atom. The first-order valence-corrected chi connectivity index (χ1v) is 7.41. The first-order chi connectivity index (χ1) is 8.43. The van der Waals surface area contributed by atoms with Crippen molar-refractivity contribution in [3.05, 3.63) is 29.8 Å². The third kappa shape index (κ3) is 7.97. The molecule has 1 aromatic heterocycles. The lowest BCUT2D eigenvalue weighted by atomic mass is 10.1. The van der Waals surface area contributed by atoms with Gasteiger partial charge in [0.25, 0.3) is 0 Å². The summed E-state index contributed by atoms with van der Waals surface area (Å²) in [4.78, 5) is 0. The monoisotopic (exact) mass is 250 g/mol. The van der Waals surface area contributed by atoms with Crippen LogP contribution in [0.4, 0.5) is 0 Å². The molecule has 1 aromatic rings. The zero-order chi connectivity index (χ0) is 12.2. The first kappa shape index (κ1) is 14.2. The van der Waals surface area contributed by atoms with Crippen molar-refractivity contribution in [3.63, 3.8) is 0 Å². The van der Waals surface area contributed by atoms with Crippen LogP contribution in [0.25, 0.3) is 0 Å². The van der Waals surface area contributed by atoms with Gasteiger partial charge in [-0.25, -0.2) is 0 Å². The lowest BCUT2D eigenvalue weighted by molar-refractivity contribution is 0.611. The van der Waals surface area contributed by atoms with Crippen LogP contribution in [-0.2, 0) is 0 Å². The minimum atomic E-state index is 0.965. The van der Waals surface area contributed by atoms with Crippen LogP contribution < -0.4 is 0 Å². The van der Waals surface area contributed by atoms with Crippen molar-refractivity contribution in [1.29, 1.82) is 0 Å². The Hall–Kier alpha value is -0.830. The maximum atomic E-state index is 4.01. The molecule has 0 aromatic carbocycles. The largest absolute Gasteiger partial charge is 0.158 e. The van der Waals surface area contributed by atoms with E-state index in [1.807, 2.05) is 12.1 Å². The highest BCUT2D eigenvalue weighted by molar-refractivity contribution is 8.02. The van der Waals surface area contributed by atoms with Crippen molar-refractivity contribution in [2.45, 2.75) is 56.9 Å². The molecule has 0 unspecified atom stereocenters. The topological polar surface area (TPSA) is 25.8 Å². The van der Waals surface area contributed by atoms with Gasteiger partial charge in [0, 0.05) is 6.20 Å². The van der Waals surface area contributed by atoms with Gasteiger partial charge in [0.15, 0.2) is 0 Å². The van der Waals surface area contributed by atoms with E-state index in [2.05, 4.69) is 28.6 Å². The quantitative estimate of drug-likeness (QED) is 0.463. The Morgan fingerprint density at radius 1 is 1.18 bits per heavy atom. The summed E-state index contributed by atoms with van der Waals surface area (Å²) in [6.45, 7) is 2.26. The fourth-order valence-electron chi connectivity index (χ4n) is 1.58. The predicted octanol–water partition coefficient (Wildman–Crippen LogP) is 4.83. The molecule has 0 fully saturated rings. The van der Waals surface area contributed by atoms with Crippen LogP contribution in [0.5, 0.6) is 0 Å². The average molecular weight is 250 g/mol. The first-order valence-electron chi connectivity index (χ1n) is 6.53. The number of nitrogens with zero attached hydrogens (tertiary/aromatic N) is 2. The van der Waals surface area contributed by atoms with Crippen LogP contribution in [0.15, 0.2) is 34.8 Å². The number of allylic oxidation sites excluding steroid dienone is 1. The molecule has 0 aliphatic carbocycles. The summed E-state index contributed by atoms with van der Waals surface area (Å²) in [7, 11) is 0. The SMILES string of the molecule is CCCCCCCC/C=C/Sc1cccnn1. The second kappa shape index (κ2) is 10.3. The van der Waals surface area contributed by atoms with E-state index >= 15 is 0 Å². The molecule has 0 bridgehead atoms. The van der Waals surface area contributed by atoms with E-state index in [-0.39, 0.29) is 0 Å². The minimum Gasteiger partial charge on any atom is -0.158 e. The Morgan fingerprint density at radius 3 is 2.76 bits per heavy atom. The number of hydrogen-bond donors (Lipinski definition) is 0. The maximum Gasteiger partial charge on any atom is 0.123 e. The Bertz CT molecular complexity index is 298. The van der Waals surface area contributed by atoms with E-state index < -0.39 is 0 Å². The highest BCUT2D eigenvalue weighted by Gasteiger charge is 1.90. The zero-order valence-corrected chi connectivity index (χ0v) is 11.5. The average Bonchev–Trinajstić information content (AvgIpc) is 2.38. The normalized spacial score (nSPS) is 11.1. The minimum absolute atomic E-state index is 0.965. The van der Waals surface area contributed by atoms with Gasteiger partial charge in [0.05, 0.1) is 0 Å². The molecule has 0 N–H and O–H groups in total. The van der Waals surface area contributed by atoms with E-state index in [0.29, 0.717) is 0 Å². The van der Waals surface area contributed by atoms with Crippen LogP contribution in [0.1, 0.15) is 51.9 Å². The summed E-state index contributed by atoms with van der Waals surface area (Å²) in [5.74, 6) is 0. The highest BCUT2D eigenvalue weighted by Crippen LogP contribution is 2.15. The summed E-state index contributed by atoms with van der Waals surface area (Å²) < 4.78 is 0. The number of rotatable bonds is 9. The summed E-state index contributed by atoms with van der Waals surface area (Å²) >= 11 is 1.64. The molecule has 0 radical (unpaired) electrons. The van der Waals surface area contributed by atoms with Crippen LogP contribution in [0.3, 0.4) is 0 Å². The van der Waals surface area contributed by atoms with Crippen LogP contribution in [0.2, 0.25) is 0 Å². The van der Waals surface area contributed by atoms with Crippen molar-refractivity contribution in [3.8, 4) is 0 Å². The smallest absolute Gasteiger partial charge is 0.123 e. The molecule has 94 valence electrons. The van der Waals surface area contributed by atoms with Crippen LogP contribution in [-0.4, -0.2) is 10.2 Å². The fourth-order valence-corrected chi connectivity index (χ4v) is 2.20. The number of hydrogen-bond acceptors (Lipinski definition) is 3. The summed E-state index contributed by atoms with van der Waals surface area (Å²) in [5, 5.41) is 10.9. The van der Waals surface area contributed by atoms with Gasteiger partial charge in [-0.2, -0.15) is 5.10 Å². The maximum absolute atomic E-state index is 4.01. The summed E-state index contributed by atoms with van der Waals surface area (Å²) in [5.41, 5.74) is 0. The summed E-state index contributed by atoms with van der Waals surface area (Å²) in [6.07, 6.45) is 13.3. The van der Waals surface area contributed by atoms with E-state index in [0.717, 1.165) is 5.03 Å². The molecule has 1 rings (SSSR count). The van der Waals surface area contributed by atoms with Gasteiger partial charge in [-0.1, -0.05) is 56.9 Å². The molecule has 0 aliphatic rings. The summed E-state index contributed by atoms with van der Waals surface area (Å²) in [6, 6.07) is 3.89. The number of unbranched alkanes of at least 4 members (excludes halogenated alkanes) is 6. The van der Waals surface area contributed by atoms with Crippen molar-refractivity contribution >= 4 is 11.8 Å². The molecular formula is C14H22N2S. The van der Waals surface area contributed by atoms with E-state index in [1.165, 1.54) is 44.9 Å². The lowest BCUT2D eigenvalue weighted by Gasteiger charge is -1.97. The van der Waals surface area contributed by atoms with Crippen LogP contribution >= 0.6 is 11.8 Å². The standard InChI is InChI=1S/C14H22N2S/c1-2-3-4-5-6-7-8-9-13-17-14-11-10-12-15-16-14/h9-13H,2-8H2,1H3/b13-9+. The Balaban J connectivity index is 1.96. The third-order valence-electron chi connectivity index (χ3n) is 2.56.